The van der Waals surface area contributed by atoms with Crippen molar-refractivity contribution in [1.29, 1.82) is 0 Å². The van der Waals surface area contributed by atoms with Gasteiger partial charge in [0.05, 0.1) is 7.11 Å². The molecule has 0 bridgehead atoms. The summed E-state index contributed by atoms with van der Waals surface area (Å²) in [6, 6.07) is 17.2. The minimum atomic E-state index is 0.300. The van der Waals surface area contributed by atoms with Gasteiger partial charge in [-0.25, -0.2) is 0 Å². The Balaban J connectivity index is 1.83. The van der Waals surface area contributed by atoms with Crippen molar-refractivity contribution in [2.45, 2.75) is 13.2 Å². The largest absolute Gasteiger partial charge is 0.493 e. The van der Waals surface area contributed by atoms with Crippen LogP contribution in [0, 0.1) is 0 Å². The van der Waals surface area contributed by atoms with Crippen molar-refractivity contribution >= 4 is 60.7 Å². The van der Waals surface area contributed by atoms with Crippen LogP contribution in [0.15, 0.2) is 63.5 Å². The van der Waals surface area contributed by atoms with Crippen molar-refractivity contribution < 1.29 is 9.47 Å². The molecule has 28 heavy (non-hydrogen) atoms. The number of ether oxygens (including phenoxy) is 2. The van der Waals surface area contributed by atoms with Gasteiger partial charge in [0.2, 0.25) is 0 Å². The molecule has 146 valence electrons. The monoisotopic (exact) mass is 543 g/mol. The third-order valence-corrected chi connectivity index (χ3v) is 5.95. The molecule has 0 aliphatic carbocycles. The molecule has 3 aromatic carbocycles. The molecule has 0 unspecified atom stereocenters. The maximum absolute atomic E-state index is 6.27. The molecule has 0 aliphatic heterocycles. The lowest BCUT2D eigenvalue weighted by Gasteiger charge is -2.18. The van der Waals surface area contributed by atoms with Crippen LogP contribution in [0.25, 0.3) is 0 Å². The Bertz CT molecular complexity index is 965. The molecule has 0 spiro atoms. The molecule has 0 aliphatic rings. The summed E-state index contributed by atoms with van der Waals surface area (Å²) in [7, 11) is 1.62. The maximum Gasteiger partial charge on any atom is 0.167 e. The normalized spacial score (nSPS) is 10.6. The van der Waals surface area contributed by atoms with Gasteiger partial charge in [-0.3, -0.25) is 0 Å². The summed E-state index contributed by atoms with van der Waals surface area (Å²) in [6.07, 6.45) is 0. The maximum atomic E-state index is 6.27. The summed E-state index contributed by atoms with van der Waals surface area (Å²) < 4.78 is 13.6. The zero-order valence-corrected chi connectivity index (χ0v) is 19.6. The summed E-state index contributed by atoms with van der Waals surface area (Å²) in [5, 5.41) is 4.56. The van der Waals surface area contributed by atoms with E-state index in [4.69, 9.17) is 32.7 Å². The van der Waals surface area contributed by atoms with Gasteiger partial charge < -0.3 is 14.8 Å². The number of nitrogens with one attached hydrogen (secondary N) is 1. The number of hydrogen-bond donors (Lipinski definition) is 1. The Labute approximate surface area is 191 Å². The molecule has 0 atom stereocenters. The van der Waals surface area contributed by atoms with E-state index < -0.39 is 0 Å². The lowest BCUT2D eigenvalue weighted by atomic mass is 10.1. The standard InChI is InChI=1S/C21H17Br2Cl2NO2/c1-27-20-9-8-18(23)17(11-26-16-6-3-14(22)4-7-16)21(20)28-12-13-2-5-15(24)10-19(13)25/h2-10,26H,11-12H2,1H3. The summed E-state index contributed by atoms with van der Waals surface area (Å²) in [5.74, 6) is 1.31. The highest BCUT2D eigenvalue weighted by atomic mass is 79.9. The predicted molar refractivity (Wildman–Crippen MR) is 123 cm³/mol. The SMILES string of the molecule is COc1ccc(Br)c(CNc2ccc(Br)cc2)c1OCc1ccc(Cl)cc1Cl. The fraction of sp³-hybridized carbons (Fsp3) is 0.143. The highest BCUT2D eigenvalue weighted by molar-refractivity contribution is 9.10. The van der Waals surface area contributed by atoms with E-state index in [1.165, 1.54) is 0 Å². The lowest BCUT2D eigenvalue weighted by Crippen LogP contribution is -2.06. The van der Waals surface area contributed by atoms with Gasteiger partial charge in [-0.15, -0.1) is 0 Å². The number of benzene rings is 3. The Hall–Kier alpha value is -1.40. The predicted octanol–water partition coefficient (Wildman–Crippen LogP) is 7.72. The van der Waals surface area contributed by atoms with Crippen LogP contribution in [0.5, 0.6) is 11.5 Å². The van der Waals surface area contributed by atoms with Gasteiger partial charge in [-0.1, -0.05) is 61.1 Å². The Morgan fingerprint density at radius 2 is 1.71 bits per heavy atom. The molecule has 0 heterocycles. The molecular formula is C21H17Br2Cl2NO2. The lowest BCUT2D eigenvalue weighted by molar-refractivity contribution is 0.281. The van der Waals surface area contributed by atoms with Crippen LogP contribution in [0.3, 0.4) is 0 Å². The third-order valence-electron chi connectivity index (χ3n) is 4.09. The fourth-order valence-corrected chi connectivity index (χ4v) is 3.79. The second-order valence-electron chi connectivity index (χ2n) is 5.94. The van der Waals surface area contributed by atoms with E-state index in [1.54, 1.807) is 19.2 Å². The van der Waals surface area contributed by atoms with Crippen molar-refractivity contribution in [2.24, 2.45) is 0 Å². The van der Waals surface area contributed by atoms with Crippen molar-refractivity contribution in [2.75, 3.05) is 12.4 Å². The first-order valence-electron chi connectivity index (χ1n) is 8.39. The highest BCUT2D eigenvalue weighted by Gasteiger charge is 2.15. The van der Waals surface area contributed by atoms with Gasteiger partial charge >= 0.3 is 0 Å². The summed E-state index contributed by atoms with van der Waals surface area (Å²) in [4.78, 5) is 0. The number of rotatable bonds is 7. The van der Waals surface area contributed by atoms with Crippen LogP contribution in [0.4, 0.5) is 5.69 Å². The molecule has 0 fully saturated rings. The third kappa shape index (κ3) is 5.35. The van der Waals surface area contributed by atoms with Gasteiger partial charge in [0.1, 0.15) is 6.61 Å². The first-order valence-corrected chi connectivity index (χ1v) is 10.7. The van der Waals surface area contributed by atoms with Crippen LogP contribution < -0.4 is 14.8 Å². The molecule has 0 saturated carbocycles. The van der Waals surface area contributed by atoms with Gasteiger partial charge in [0.25, 0.3) is 0 Å². The van der Waals surface area contributed by atoms with Crippen LogP contribution in [-0.2, 0) is 13.2 Å². The quantitative estimate of drug-likeness (QED) is 0.330. The highest BCUT2D eigenvalue weighted by Crippen LogP contribution is 2.37. The molecule has 0 amide bonds. The van der Waals surface area contributed by atoms with E-state index in [0.29, 0.717) is 34.7 Å². The number of halogens is 4. The Morgan fingerprint density at radius 3 is 2.39 bits per heavy atom. The summed E-state index contributed by atoms with van der Waals surface area (Å²) in [5.41, 5.74) is 2.80. The van der Waals surface area contributed by atoms with E-state index in [0.717, 1.165) is 25.8 Å². The van der Waals surface area contributed by atoms with Crippen LogP contribution >= 0.6 is 55.1 Å². The van der Waals surface area contributed by atoms with E-state index in [9.17, 15) is 0 Å². The molecular weight excluding hydrogens is 529 g/mol. The molecule has 0 aromatic heterocycles. The number of methoxy groups -OCH3 is 1. The van der Waals surface area contributed by atoms with Crippen LogP contribution in [-0.4, -0.2) is 7.11 Å². The summed E-state index contributed by atoms with van der Waals surface area (Å²) >= 11 is 19.3. The topological polar surface area (TPSA) is 30.5 Å². The molecule has 0 radical (unpaired) electrons. The fourth-order valence-electron chi connectivity index (χ4n) is 2.61. The van der Waals surface area contributed by atoms with E-state index in [-0.39, 0.29) is 0 Å². The van der Waals surface area contributed by atoms with Crippen LogP contribution in [0.2, 0.25) is 10.0 Å². The van der Waals surface area contributed by atoms with Gasteiger partial charge in [0, 0.05) is 42.3 Å². The molecule has 7 heteroatoms. The first-order chi connectivity index (χ1) is 13.5. The first kappa shape index (κ1) is 21.3. The molecule has 3 rings (SSSR count). The Morgan fingerprint density at radius 1 is 0.964 bits per heavy atom. The zero-order valence-electron chi connectivity index (χ0n) is 14.9. The zero-order chi connectivity index (χ0) is 20.1. The minimum absolute atomic E-state index is 0.300. The molecule has 0 saturated heterocycles. The van der Waals surface area contributed by atoms with Gasteiger partial charge in [-0.2, -0.15) is 0 Å². The molecule has 1 N–H and O–H groups in total. The van der Waals surface area contributed by atoms with E-state index in [2.05, 4.69) is 37.2 Å². The van der Waals surface area contributed by atoms with Crippen molar-refractivity contribution in [3.63, 3.8) is 0 Å². The smallest absolute Gasteiger partial charge is 0.167 e. The van der Waals surface area contributed by atoms with Gasteiger partial charge in [-0.05, 0) is 48.5 Å². The van der Waals surface area contributed by atoms with Crippen LogP contribution in [0.1, 0.15) is 11.1 Å². The van der Waals surface area contributed by atoms with Crippen molar-refractivity contribution in [3.05, 3.63) is 84.7 Å². The number of hydrogen-bond acceptors (Lipinski definition) is 3. The van der Waals surface area contributed by atoms with Crippen molar-refractivity contribution in [3.8, 4) is 11.5 Å². The number of anilines is 1. The average Bonchev–Trinajstić information content (AvgIpc) is 2.68. The Kier molecular flexibility index (Phi) is 7.52. The summed E-state index contributed by atoms with van der Waals surface area (Å²) in [6.45, 7) is 0.858. The van der Waals surface area contributed by atoms with E-state index in [1.807, 2.05) is 42.5 Å². The second-order valence-corrected chi connectivity index (χ2v) is 8.56. The average molecular weight is 546 g/mol. The minimum Gasteiger partial charge on any atom is -0.493 e. The second kappa shape index (κ2) is 9.88. The molecule has 3 nitrogen and oxygen atoms in total. The van der Waals surface area contributed by atoms with Crippen molar-refractivity contribution in [1.82, 2.24) is 0 Å². The molecule has 3 aromatic rings. The van der Waals surface area contributed by atoms with E-state index >= 15 is 0 Å². The van der Waals surface area contributed by atoms with Gasteiger partial charge in [0.15, 0.2) is 11.5 Å².